The largest absolute Gasteiger partial charge is 0.495 e. The Morgan fingerprint density at radius 1 is 1.06 bits per heavy atom. The van der Waals surface area contributed by atoms with Crippen molar-refractivity contribution in [3.63, 3.8) is 0 Å². The minimum Gasteiger partial charge on any atom is -0.495 e. The van der Waals surface area contributed by atoms with Crippen LogP contribution in [-0.4, -0.2) is 27.7 Å². The number of aromatic nitrogens is 2. The van der Waals surface area contributed by atoms with E-state index >= 15 is 0 Å². The number of carbonyl (C=O) groups is 1. The zero-order valence-corrected chi connectivity index (χ0v) is 17.7. The van der Waals surface area contributed by atoms with Crippen LogP contribution in [0, 0.1) is 10.1 Å². The first kappa shape index (κ1) is 21.5. The van der Waals surface area contributed by atoms with Crippen LogP contribution in [-0.2, 0) is 4.79 Å². The molecule has 1 heterocycles. The number of anilines is 1. The van der Waals surface area contributed by atoms with Gasteiger partial charge in [0.2, 0.25) is 5.91 Å². The molecule has 0 saturated heterocycles. The monoisotopic (exact) mass is 440 g/mol. The third kappa shape index (κ3) is 4.96. The molecule has 0 aliphatic heterocycles. The van der Waals surface area contributed by atoms with E-state index in [1.54, 1.807) is 47.3 Å². The Balaban J connectivity index is 1.69. The van der Waals surface area contributed by atoms with E-state index in [-0.39, 0.29) is 11.6 Å². The molecule has 8 nitrogen and oxygen atoms in total. The van der Waals surface area contributed by atoms with Gasteiger partial charge in [0.05, 0.1) is 23.4 Å². The van der Waals surface area contributed by atoms with Crippen LogP contribution in [0.25, 0.3) is 23.0 Å². The third-order valence-corrected chi connectivity index (χ3v) is 4.87. The fourth-order valence-corrected chi connectivity index (χ4v) is 3.30. The molecule has 4 aromatic rings. The second kappa shape index (κ2) is 9.61. The highest BCUT2D eigenvalue weighted by Gasteiger charge is 2.14. The lowest BCUT2D eigenvalue weighted by Crippen LogP contribution is -2.08. The lowest BCUT2D eigenvalue weighted by molar-refractivity contribution is -0.384. The van der Waals surface area contributed by atoms with Crippen LogP contribution in [0.4, 0.5) is 11.4 Å². The van der Waals surface area contributed by atoms with Crippen LogP contribution in [0.3, 0.4) is 0 Å². The molecule has 0 bridgehead atoms. The Morgan fingerprint density at radius 3 is 2.58 bits per heavy atom. The average Bonchev–Trinajstić information content (AvgIpc) is 3.28. The number of ether oxygens (including phenoxy) is 1. The Hall–Kier alpha value is -4.72. The molecule has 0 spiro atoms. The van der Waals surface area contributed by atoms with E-state index in [0.29, 0.717) is 28.3 Å². The topological polar surface area (TPSA) is 99.3 Å². The lowest BCUT2D eigenvalue weighted by atomic mass is 10.1. The number of nitro benzene ring substituents is 1. The minimum atomic E-state index is -0.451. The zero-order chi connectivity index (χ0) is 23.2. The number of rotatable bonds is 7. The van der Waals surface area contributed by atoms with Gasteiger partial charge in [0.1, 0.15) is 11.4 Å². The third-order valence-electron chi connectivity index (χ3n) is 4.87. The molecule has 0 saturated carbocycles. The van der Waals surface area contributed by atoms with E-state index in [0.717, 1.165) is 5.69 Å². The number of nitrogens with zero attached hydrogens (tertiary/aromatic N) is 3. The van der Waals surface area contributed by atoms with Crippen molar-refractivity contribution < 1.29 is 14.5 Å². The molecular weight excluding hydrogens is 420 g/mol. The molecule has 0 radical (unpaired) electrons. The van der Waals surface area contributed by atoms with Crippen molar-refractivity contribution in [2.24, 2.45) is 0 Å². The number of nitrogens with one attached hydrogen (secondary N) is 1. The second-order valence-corrected chi connectivity index (χ2v) is 7.04. The van der Waals surface area contributed by atoms with Crippen molar-refractivity contribution in [3.8, 4) is 22.7 Å². The Bertz CT molecular complexity index is 1330. The molecule has 8 heteroatoms. The summed E-state index contributed by atoms with van der Waals surface area (Å²) in [5, 5.41) is 18.7. The molecule has 0 unspecified atom stereocenters. The fraction of sp³-hybridized carbons (Fsp3) is 0.0400. The van der Waals surface area contributed by atoms with Gasteiger partial charge in [-0.25, -0.2) is 4.68 Å². The Morgan fingerprint density at radius 2 is 1.82 bits per heavy atom. The highest BCUT2D eigenvalue weighted by molar-refractivity contribution is 6.03. The number of nitro groups is 1. The molecule has 0 aliphatic rings. The highest BCUT2D eigenvalue weighted by atomic mass is 16.6. The smallest absolute Gasteiger partial charge is 0.270 e. The fourth-order valence-electron chi connectivity index (χ4n) is 3.30. The first-order valence-electron chi connectivity index (χ1n) is 10.1. The quantitative estimate of drug-likeness (QED) is 0.245. The molecule has 3 aromatic carbocycles. The number of carbonyl (C=O) groups excluding carboxylic acids is 1. The molecule has 0 aliphatic carbocycles. The summed E-state index contributed by atoms with van der Waals surface area (Å²) in [6, 6.07) is 22.8. The molecule has 164 valence electrons. The first-order chi connectivity index (χ1) is 16.0. The summed E-state index contributed by atoms with van der Waals surface area (Å²) in [5.41, 5.74) is 3.06. The molecular formula is C25H20N4O4. The summed E-state index contributed by atoms with van der Waals surface area (Å²) in [4.78, 5) is 23.3. The van der Waals surface area contributed by atoms with Crippen LogP contribution in [0.1, 0.15) is 5.56 Å². The van der Waals surface area contributed by atoms with Crippen molar-refractivity contribution in [1.29, 1.82) is 0 Å². The van der Waals surface area contributed by atoms with Crippen LogP contribution in [0.5, 0.6) is 5.75 Å². The van der Waals surface area contributed by atoms with Gasteiger partial charge in [0.25, 0.3) is 5.69 Å². The number of non-ortho nitro benzene ring substituents is 1. The molecule has 0 atom stereocenters. The van der Waals surface area contributed by atoms with Gasteiger partial charge in [0, 0.05) is 35.5 Å². The predicted octanol–water partition coefficient (Wildman–Crippen LogP) is 5.11. The standard InChI is InChI=1S/C25H20N4O4/c1-33-23-13-6-5-12-22(23)26-24(30)15-14-19-17-28(20-9-3-2-4-10-20)27-25(19)18-8-7-11-21(16-18)29(31)32/h2-17H,1H3,(H,26,30)/b15-14+. The first-order valence-corrected chi connectivity index (χ1v) is 10.1. The minimum absolute atomic E-state index is 0.0365. The molecule has 0 fully saturated rings. The molecule has 1 amide bonds. The van der Waals surface area contributed by atoms with Crippen LogP contribution in [0.15, 0.2) is 91.1 Å². The number of methoxy groups -OCH3 is 1. The predicted molar refractivity (Wildman–Crippen MR) is 126 cm³/mol. The average molecular weight is 440 g/mol. The maximum absolute atomic E-state index is 12.6. The second-order valence-electron chi connectivity index (χ2n) is 7.04. The summed E-state index contributed by atoms with van der Waals surface area (Å²) in [6.45, 7) is 0. The van der Waals surface area contributed by atoms with E-state index < -0.39 is 4.92 Å². The van der Waals surface area contributed by atoms with Gasteiger partial charge < -0.3 is 10.1 Å². The summed E-state index contributed by atoms with van der Waals surface area (Å²) in [5.74, 6) is 0.199. The van der Waals surface area contributed by atoms with Gasteiger partial charge in [-0.15, -0.1) is 0 Å². The summed E-state index contributed by atoms with van der Waals surface area (Å²) < 4.78 is 6.93. The zero-order valence-electron chi connectivity index (χ0n) is 17.7. The van der Waals surface area contributed by atoms with Crippen molar-refractivity contribution in [3.05, 3.63) is 107 Å². The van der Waals surface area contributed by atoms with Gasteiger partial charge >= 0.3 is 0 Å². The molecule has 1 N–H and O–H groups in total. The van der Waals surface area contributed by atoms with E-state index in [2.05, 4.69) is 10.4 Å². The number of para-hydroxylation sites is 3. The van der Waals surface area contributed by atoms with Gasteiger partial charge in [-0.05, 0) is 30.3 Å². The SMILES string of the molecule is COc1ccccc1NC(=O)/C=C/c1cn(-c2ccccc2)nc1-c1cccc([N+](=O)[O-])c1. The maximum Gasteiger partial charge on any atom is 0.270 e. The van der Waals surface area contributed by atoms with Crippen molar-refractivity contribution in [2.45, 2.75) is 0 Å². The normalized spacial score (nSPS) is 10.8. The van der Waals surface area contributed by atoms with E-state index in [4.69, 9.17) is 4.74 Å². The molecule has 1 aromatic heterocycles. The van der Waals surface area contributed by atoms with E-state index in [1.807, 2.05) is 36.4 Å². The number of hydrogen-bond donors (Lipinski definition) is 1. The van der Waals surface area contributed by atoms with Gasteiger partial charge in [-0.2, -0.15) is 5.10 Å². The van der Waals surface area contributed by atoms with Crippen molar-refractivity contribution >= 4 is 23.4 Å². The van der Waals surface area contributed by atoms with E-state index in [9.17, 15) is 14.9 Å². The van der Waals surface area contributed by atoms with Gasteiger partial charge in [0.15, 0.2) is 0 Å². The highest BCUT2D eigenvalue weighted by Crippen LogP contribution is 2.28. The number of hydrogen-bond acceptors (Lipinski definition) is 5. The Labute approximate surface area is 189 Å². The molecule has 33 heavy (non-hydrogen) atoms. The lowest BCUT2D eigenvalue weighted by Gasteiger charge is -2.07. The summed E-state index contributed by atoms with van der Waals surface area (Å²) >= 11 is 0. The number of amides is 1. The van der Waals surface area contributed by atoms with E-state index in [1.165, 1.54) is 25.3 Å². The van der Waals surface area contributed by atoms with Crippen LogP contribution < -0.4 is 10.1 Å². The van der Waals surface area contributed by atoms with Gasteiger partial charge in [-0.1, -0.05) is 42.5 Å². The summed E-state index contributed by atoms with van der Waals surface area (Å²) in [7, 11) is 1.53. The summed E-state index contributed by atoms with van der Waals surface area (Å²) in [6.07, 6.45) is 4.79. The van der Waals surface area contributed by atoms with Crippen LogP contribution in [0.2, 0.25) is 0 Å². The van der Waals surface area contributed by atoms with Gasteiger partial charge in [-0.3, -0.25) is 14.9 Å². The number of benzene rings is 3. The Kier molecular flexibility index (Phi) is 6.26. The van der Waals surface area contributed by atoms with Crippen LogP contribution >= 0.6 is 0 Å². The molecule has 4 rings (SSSR count). The van der Waals surface area contributed by atoms with Crippen molar-refractivity contribution in [1.82, 2.24) is 9.78 Å². The van der Waals surface area contributed by atoms with Crippen molar-refractivity contribution in [2.75, 3.05) is 12.4 Å². The maximum atomic E-state index is 12.6.